The molecule has 6 nitrogen and oxygen atoms in total. The third-order valence-corrected chi connectivity index (χ3v) is 4.39. The molecule has 0 unspecified atom stereocenters. The number of hydrogen-bond donors (Lipinski definition) is 0. The van der Waals surface area contributed by atoms with Crippen molar-refractivity contribution >= 4 is 29.3 Å². The molecule has 0 fully saturated rings. The summed E-state index contributed by atoms with van der Waals surface area (Å²) in [5.41, 5.74) is 1.81. The number of carbonyl (C=O) groups is 2. The van der Waals surface area contributed by atoms with E-state index in [2.05, 4.69) is 0 Å². The Bertz CT molecular complexity index is 786. The molecule has 1 amide bonds. The number of hydrogen-bond acceptors (Lipinski definition) is 6. The number of esters is 1. The fraction of sp³-hybridized carbons (Fsp3) is 0.300. The lowest BCUT2D eigenvalue weighted by Crippen LogP contribution is -2.30. The van der Waals surface area contributed by atoms with Crippen molar-refractivity contribution in [2.24, 2.45) is 0 Å². The van der Waals surface area contributed by atoms with Gasteiger partial charge in [0.15, 0.2) is 18.1 Å². The van der Waals surface area contributed by atoms with Gasteiger partial charge in [-0.3, -0.25) is 4.79 Å². The number of rotatable bonds is 9. The Balaban J connectivity index is 1.85. The van der Waals surface area contributed by atoms with Crippen LogP contribution in [0.25, 0.3) is 6.08 Å². The monoisotopic (exact) mass is 389 g/mol. The number of thiophene rings is 1. The summed E-state index contributed by atoms with van der Waals surface area (Å²) in [7, 11) is 3.23. The Hall–Kier alpha value is -2.80. The van der Waals surface area contributed by atoms with Crippen LogP contribution >= 0.6 is 11.3 Å². The van der Waals surface area contributed by atoms with Gasteiger partial charge in [0.2, 0.25) is 0 Å². The fourth-order valence-electron chi connectivity index (χ4n) is 2.26. The van der Waals surface area contributed by atoms with Crippen molar-refractivity contribution < 1.29 is 23.8 Å². The molecule has 144 valence electrons. The van der Waals surface area contributed by atoms with E-state index in [4.69, 9.17) is 14.2 Å². The molecule has 1 aromatic carbocycles. The first-order valence-corrected chi connectivity index (χ1v) is 9.38. The highest BCUT2D eigenvalue weighted by Crippen LogP contribution is 2.28. The van der Waals surface area contributed by atoms with E-state index in [0.717, 1.165) is 11.1 Å². The minimum absolute atomic E-state index is 0.259. The average Bonchev–Trinajstić information content (AvgIpc) is 3.18. The summed E-state index contributed by atoms with van der Waals surface area (Å²) >= 11 is 1.57. The third kappa shape index (κ3) is 6.45. The Morgan fingerprint density at radius 3 is 2.70 bits per heavy atom. The van der Waals surface area contributed by atoms with E-state index in [0.29, 0.717) is 24.7 Å². The first-order chi connectivity index (χ1) is 13.0. The van der Waals surface area contributed by atoms with E-state index in [1.54, 1.807) is 49.8 Å². The molecule has 0 spiro atoms. The van der Waals surface area contributed by atoms with Crippen molar-refractivity contribution in [1.82, 2.24) is 4.90 Å². The maximum absolute atomic E-state index is 12.0. The normalized spacial score (nSPS) is 10.6. The zero-order valence-electron chi connectivity index (χ0n) is 15.6. The van der Waals surface area contributed by atoms with E-state index in [-0.39, 0.29) is 12.5 Å². The van der Waals surface area contributed by atoms with Gasteiger partial charge >= 0.3 is 5.97 Å². The van der Waals surface area contributed by atoms with Crippen LogP contribution in [0.2, 0.25) is 0 Å². The van der Waals surface area contributed by atoms with E-state index < -0.39 is 5.97 Å². The highest BCUT2D eigenvalue weighted by Gasteiger charge is 2.11. The Morgan fingerprint density at radius 1 is 1.22 bits per heavy atom. The first kappa shape index (κ1) is 20.5. The second-order valence-corrected chi connectivity index (χ2v) is 6.45. The maximum Gasteiger partial charge on any atom is 0.331 e. The molecule has 27 heavy (non-hydrogen) atoms. The third-order valence-electron chi connectivity index (χ3n) is 3.66. The first-order valence-electron chi connectivity index (χ1n) is 8.44. The molecule has 0 aliphatic carbocycles. The number of carbonyl (C=O) groups excluding carboxylic acids is 2. The van der Waals surface area contributed by atoms with Crippen LogP contribution in [0.5, 0.6) is 11.5 Å². The zero-order chi connectivity index (χ0) is 19.6. The molecule has 0 aliphatic rings. The number of ether oxygens (including phenoxy) is 3. The number of amides is 1. The molecular weight excluding hydrogens is 366 g/mol. The summed E-state index contributed by atoms with van der Waals surface area (Å²) in [5.74, 6) is 0.377. The minimum Gasteiger partial charge on any atom is -0.493 e. The van der Waals surface area contributed by atoms with Crippen molar-refractivity contribution in [1.29, 1.82) is 0 Å². The molecule has 0 atom stereocenters. The largest absolute Gasteiger partial charge is 0.493 e. The molecule has 0 radical (unpaired) electrons. The second-order valence-electron chi connectivity index (χ2n) is 5.67. The van der Waals surface area contributed by atoms with Crippen molar-refractivity contribution in [2.75, 3.05) is 27.4 Å². The topological polar surface area (TPSA) is 65.1 Å². The van der Waals surface area contributed by atoms with Gasteiger partial charge in [0.1, 0.15) is 0 Å². The summed E-state index contributed by atoms with van der Waals surface area (Å²) < 4.78 is 15.7. The van der Waals surface area contributed by atoms with Gasteiger partial charge in [-0.05, 0) is 53.1 Å². The lowest BCUT2D eigenvalue weighted by molar-refractivity contribution is -0.147. The smallest absolute Gasteiger partial charge is 0.331 e. The predicted octanol–water partition coefficient (Wildman–Crippen LogP) is 3.37. The van der Waals surface area contributed by atoms with Crippen molar-refractivity contribution in [3.05, 3.63) is 52.2 Å². The van der Waals surface area contributed by atoms with Crippen molar-refractivity contribution in [3.8, 4) is 11.5 Å². The van der Waals surface area contributed by atoms with Crippen LogP contribution in [0, 0.1) is 0 Å². The molecule has 2 rings (SSSR count). The molecule has 1 heterocycles. The zero-order valence-corrected chi connectivity index (χ0v) is 16.5. The van der Waals surface area contributed by atoms with Crippen LogP contribution in [0.4, 0.5) is 0 Å². The standard InChI is InChI=1S/C20H23NO5S/c1-4-25-17-7-5-15(11-18(17)24-3)6-8-20(23)26-13-19(22)21(2)12-16-9-10-27-14-16/h5-11,14H,4,12-13H2,1-3H3/b8-6+. The van der Waals surface area contributed by atoms with Gasteiger partial charge in [0.25, 0.3) is 5.91 Å². The molecule has 1 aromatic heterocycles. The molecular formula is C20H23NO5S. The predicted molar refractivity (Wildman–Crippen MR) is 105 cm³/mol. The van der Waals surface area contributed by atoms with Crippen LogP contribution in [0.1, 0.15) is 18.1 Å². The van der Waals surface area contributed by atoms with Crippen LogP contribution in [-0.2, 0) is 20.9 Å². The van der Waals surface area contributed by atoms with E-state index in [1.165, 1.54) is 11.0 Å². The van der Waals surface area contributed by atoms with Crippen LogP contribution in [0.15, 0.2) is 41.1 Å². The minimum atomic E-state index is -0.583. The highest BCUT2D eigenvalue weighted by atomic mass is 32.1. The number of nitrogens with zero attached hydrogens (tertiary/aromatic N) is 1. The van der Waals surface area contributed by atoms with Gasteiger partial charge in [0, 0.05) is 19.7 Å². The lowest BCUT2D eigenvalue weighted by Gasteiger charge is -2.15. The quantitative estimate of drug-likeness (QED) is 0.486. The Morgan fingerprint density at radius 2 is 2.04 bits per heavy atom. The molecule has 0 N–H and O–H groups in total. The van der Waals surface area contributed by atoms with E-state index >= 15 is 0 Å². The SMILES string of the molecule is CCOc1ccc(/C=C/C(=O)OCC(=O)N(C)Cc2ccsc2)cc1OC. The molecule has 2 aromatic rings. The van der Waals surface area contributed by atoms with Crippen molar-refractivity contribution in [2.45, 2.75) is 13.5 Å². The van der Waals surface area contributed by atoms with Crippen LogP contribution in [0.3, 0.4) is 0 Å². The Labute approximate surface area is 163 Å². The molecule has 0 bridgehead atoms. The number of methoxy groups -OCH3 is 1. The maximum atomic E-state index is 12.0. The highest BCUT2D eigenvalue weighted by molar-refractivity contribution is 7.07. The van der Waals surface area contributed by atoms with E-state index in [1.807, 2.05) is 23.8 Å². The van der Waals surface area contributed by atoms with Gasteiger partial charge in [0.05, 0.1) is 13.7 Å². The number of likely N-dealkylation sites (N-methyl/N-ethyl adjacent to an activating group) is 1. The summed E-state index contributed by atoms with van der Waals surface area (Å²) in [5, 5.41) is 3.93. The van der Waals surface area contributed by atoms with Gasteiger partial charge in [-0.15, -0.1) is 0 Å². The molecule has 0 aliphatic heterocycles. The van der Waals surface area contributed by atoms with Gasteiger partial charge < -0.3 is 19.1 Å². The summed E-state index contributed by atoms with van der Waals surface area (Å²) in [6.45, 7) is 2.62. The molecule has 0 saturated carbocycles. The second kappa shape index (κ2) is 10.4. The van der Waals surface area contributed by atoms with Crippen LogP contribution in [-0.4, -0.2) is 44.1 Å². The number of benzene rings is 1. The summed E-state index contributed by atoms with van der Waals surface area (Å²) in [4.78, 5) is 25.4. The molecule has 7 heteroatoms. The lowest BCUT2D eigenvalue weighted by atomic mass is 10.2. The van der Waals surface area contributed by atoms with Crippen LogP contribution < -0.4 is 9.47 Å². The summed E-state index contributed by atoms with van der Waals surface area (Å²) in [6.07, 6.45) is 2.88. The Kier molecular flexibility index (Phi) is 7.88. The molecule has 0 saturated heterocycles. The van der Waals surface area contributed by atoms with Crippen molar-refractivity contribution in [3.63, 3.8) is 0 Å². The average molecular weight is 389 g/mol. The van der Waals surface area contributed by atoms with Gasteiger partial charge in [-0.25, -0.2) is 4.79 Å². The fourth-order valence-corrected chi connectivity index (χ4v) is 2.92. The summed E-state index contributed by atoms with van der Waals surface area (Å²) in [6, 6.07) is 7.29. The van der Waals surface area contributed by atoms with E-state index in [9.17, 15) is 9.59 Å². The van der Waals surface area contributed by atoms with Gasteiger partial charge in [-0.1, -0.05) is 6.07 Å². The van der Waals surface area contributed by atoms with Gasteiger partial charge in [-0.2, -0.15) is 11.3 Å².